The van der Waals surface area contributed by atoms with Gasteiger partial charge in [0.15, 0.2) is 11.5 Å². The molecule has 0 unspecified atom stereocenters. The first kappa shape index (κ1) is 12.3. The summed E-state index contributed by atoms with van der Waals surface area (Å²) in [4.78, 5) is 11.0. The van der Waals surface area contributed by atoms with Gasteiger partial charge in [-0.05, 0) is 19.8 Å². The number of carbonyl (C=O) groups excluding carboxylic acids is 1. The largest absolute Gasteiger partial charge is 0.496 e. The third kappa shape index (κ3) is 1.88. The number of methoxy groups -OCH3 is 1. The molecule has 0 fully saturated rings. The van der Waals surface area contributed by atoms with Crippen LogP contribution in [0.4, 0.5) is 0 Å². The van der Waals surface area contributed by atoms with Crippen molar-refractivity contribution in [1.29, 1.82) is 0 Å². The van der Waals surface area contributed by atoms with Gasteiger partial charge in [0.1, 0.15) is 5.75 Å². The van der Waals surface area contributed by atoms with Gasteiger partial charge in [-0.25, -0.2) is 0 Å². The van der Waals surface area contributed by atoms with E-state index in [2.05, 4.69) is 11.8 Å². The molecule has 1 aromatic carbocycles. The molecular weight excluding hydrogens is 232 g/mol. The van der Waals surface area contributed by atoms with E-state index in [1.807, 2.05) is 13.8 Å². The van der Waals surface area contributed by atoms with Gasteiger partial charge in [0.2, 0.25) is 12.6 Å². The Labute approximate surface area is 106 Å². The zero-order chi connectivity index (χ0) is 13.3. The highest BCUT2D eigenvalue weighted by Crippen LogP contribution is 2.45. The van der Waals surface area contributed by atoms with Gasteiger partial charge in [-0.15, -0.1) is 0 Å². The highest BCUT2D eigenvalue weighted by atomic mass is 16.7. The molecule has 0 aliphatic carbocycles. The van der Waals surface area contributed by atoms with Crippen molar-refractivity contribution in [2.24, 2.45) is 0 Å². The number of hydrogen-bond donors (Lipinski definition) is 0. The van der Waals surface area contributed by atoms with Gasteiger partial charge in [0.25, 0.3) is 0 Å². The summed E-state index contributed by atoms with van der Waals surface area (Å²) < 4.78 is 16.2. The van der Waals surface area contributed by atoms with Crippen LogP contribution in [0.5, 0.6) is 17.2 Å². The molecule has 2 rings (SSSR count). The van der Waals surface area contributed by atoms with E-state index in [4.69, 9.17) is 14.2 Å². The van der Waals surface area contributed by atoms with Crippen molar-refractivity contribution in [1.82, 2.24) is 0 Å². The number of ether oxygens (including phenoxy) is 3. The predicted molar refractivity (Wildman–Crippen MR) is 66.2 cm³/mol. The number of rotatable bonds is 1. The van der Waals surface area contributed by atoms with E-state index in [0.717, 1.165) is 11.1 Å². The van der Waals surface area contributed by atoms with Crippen LogP contribution in [0.2, 0.25) is 0 Å². The molecule has 0 amide bonds. The highest BCUT2D eigenvalue weighted by Gasteiger charge is 2.25. The zero-order valence-corrected chi connectivity index (χ0v) is 10.8. The SMILES string of the molecule is COc1c(C)c(C#CC(C)=O)c2c(c1C)OCO2. The molecule has 1 heterocycles. The summed E-state index contributed by atoms with van der Waals surface area (Å²) in [5.74, 6) is 7.12. The van der Waals surface area contributed by atoms with Crippen LogP contribution >= 0.6 is 0 Å². The lowest BCUT2D eigenvalue weighted by atomic mass is 10.0. The van der Waals surface area contributed by atoms with Crippen LogP contribution < -0.4 is 14.2 Å². The summed E-state index contributed by atoms with van der Waals surface area (Å²) in [7, 11) is 1.60. The van der Waals surface area contributed by atoms with Crippen molar-refractivity contribution < 1.29 is 19.0 Å². The maximum absolute atomic E-state index is 11.0. The average Bonchev–Trinajstić information content (AvgIpc) is 2.78. The molecule has 0 radical (unpaired) electrons. The van der Waals surface area contributed by atoms with Crippen LogP contribution in [-0.2, 0) is 4.79 Å². The second-order valence-corrected chi connectivity index (χ2v) is 4.03. The fourth-order valence-electron chi connectivity index (χ4n) is 2.02. The minimum absolute atomic E-state index is 0.164. The van der Waals surface area contributed by atoms with Gasteiger partial charge >= 0.3 is 0 Å². The Kier molecular flexibility index (Phi) is 3.15. The quantitative estimate of drug-likeness (QED) is 0.711. The average molecular weight is 246 g/mol. The Morgan fingerprint density at radius 1 is 1.22 bits per heavy atom. The van der Waals surface area contributed by atoms with Crippen molar-refractivity contribution in [2.45, 2.75) is 20.8 Å². The van der Waals surface area contributed by atoms with Crippen molar-refractivity contribution in [2.75, 3.05) is 13.9 Å². The molecule has 0 aromatic heterocycles. The summed E-state index contributed by atoms with van der Waals surface area (Å²) >= 11 is 0. The first-order chi connectivity index (χ1) is 8.56. The summed E-state index contributed by atoms with van der Waals surface area (Å²) in [6.07, 6.45) is 0. The summed E-state index contributed by atoms with van der Waals surface area (Å²) in [5.41, 5.74) is 2.39. The standard InChI is InChI=1S/C14H14O4/c1-8(15)5-6-11-9(2)12(16-4)10(3)13-14(11)18-7-17-13/h7H2,1-4H3. The van der Waals surface area contributed by atoms with Crippen molar-refractivity contribution >= 4 is 5.78 Å². The minimum Gasteiger partial charge on any atom is -0.496 e. The van der Waals surface area contributed by atoms with Gasteiger partial charge in [-0.2, -0.15) is 0 Å². The van der Waals surface area contributed by atoms with Crippen molar-refractivity contribution in [3.8, 4) is 29.1 Å². The van der Waals surface area contributed by atoms with E-state index in [1.165, 1.54) is 6.92 Å². The number of ketones is 1. The topological polar surface area (TPSA) is 44.8 Å². The first-order valence-electron chi connectivity index (χ1n) is 5.55. The van der Waals surface area contributed by atoms with Gasteiger partial charge < -0.3 is 14.2 Å². The first-order valence-corrected chi connectivity index (χ1v) is 5.55. The molecule has 1 aromatic rings. The molecular formula is C14H14O4. The molecule has 0 bridgehead atoms. The second kappa shape index (κ2) is 4.61. The van der Waals surface area contributed by atoms with E-state index in [1.54, 1.807) is 7.11 Å². The van der Waals surface area contributed by atoms with E-state index >= 15 is 0 Å². The number of carbonyl (C=O) groups is 1. The molecule has 0 atom stereocenters. The van der Waals surface area contributed by atoms with Crippen LogP contribution in [0.3, 0.4) is 0 Å². The highest BCUT2D eigenvalue weighted by molar-refractivity contribution is 5.94. The molecule has 0 spiro atoms. The minimum atomic E-state index is -0.193. The van der Waals surface area contributed by atoms with E-state index in [-0.39, 0.29) is 12.6 Å². The maximum Gasteiger partial charge on any atom is 0.231 e. The molecule has 94 valence electrons. The Bertz CT molecular complexity index is 572. The number of hydrogen-bond acceptors (Lipinski definition) is 4. The van der Waals surface area contributed by atoms with Crippen LogP contribution in [0.25, 0.3) is 0 Å². The van der Waals surface area contributed by atoms with Crippen LogP contribution in [-0.4, -0.2) is 19.7 Å². The molecule has 0 saturated heterocycles. The number of fused-ring (bicyclic) bond motifs is 1. The number of benzene rings is 1. The molecule has 4 heteroatoms. The Morgan fingerprint density at radius 3 is 2.50 bits per heavy atom. The lowest BCUT2D eigenvalue weighted by Gasteiger charge is -2.13. The van der Waals surface area contributed by atoms with Crippen LogP contribution in [0, 0.1) is 25.7 Å². The van der Waals surface area contributed by atoms with E-state index < -0.39 is 0 Å². The second-order valence-electron chi connectivity index (χ2n) is 4.03. The predicted octanol–water partition coefficient (Wildman–Crippen LogP) is 1.98. The summed E-state index contributed by atoms with van der Waals surface area (Å²) in [5, 5.41) is 0. The number of Topliss-reactive ketones (excluding diaryl/α,β-unsaturated/α-hetero) is 1. The fraction of sp³-hybridized carbons (Fsp3) is 0.357. The molecule has 0 saturated carbocycles. The third-order valence-electron chi connectivity index (χ3n) is 2.80. The zero-order valence-electron chi connectivity index (χ0n) is 10.8. The van der Waals surface area contributed by atoms with Crippen LogP contribution in [0.15, 0.2) is 0 Å². The lowest BCUT2D eigenvalue weighted by molar-refractivity contribution is -0.111. The summed E-state index contributed by atoms with van der Waals surface area (Å²) in [6, 6.07) is 0. The van der Waals surface area contributed by atoms with Gasteiger partial charge in [0, 0.05) is 18.1 Å². The molecule has 18 heavy (non-hydrogen) atoms. The fourth-order valence-corrected chi connectivity index (χ4v) is 2.02. The van der Waals surface area contributed by atoms with Crippen molar-refractivity contribution in [3.63, 3.8) is 0 Å². The molecule has 1 aliphatic rings. The maximum atomic E-state index is 11.0. The molecule has 0 N–H and O–H groups in total. The van der Waals surface area contributed by atoms with Crippen LogP contribution in [0.1, 0.15) is 23.6 Å². The monoisotopic (exact) mass is 246 g/mol. The molecule has 4 nitrogen and oxygen atoms in total. The van der Waals surface area contributed by atoms with Gasteiger partial charge in [-0.3, -0.25) is 4.79 Å². The lowest BCUT2D eigenvalue weighted by Crippen LogP contribution is -1.97. The van der Waals surface area contributed by atoms with Crippen molar-refractivity contribution in [3.05, 3.63) is 16.7 Å². The van der Waals surface area contributed by atoms with E-state index in [0.29, 0.717) is 22.8 Å². The molecule has 1 aliphatic heterocycles. The third-order valence-corrected chi connectivity index (χ3v) is 2.80. The Hall–Kier alpha value is -2.15. The summed E-state index contributed by atoms with van der Waals surface area (Å²) in [6.45, 7) is 5.38. The van der Waals surface area contributed by atoms with Gasteiger partial charge in [0.05, 0.1) is 12.7 Å². The smallest absolute Gasteiger partial charge is 0.231 e. The van der Waals surface area contributed by atoms with Gasteiger partial charge in [-0.1, -0.05) is 5.92 Å². The van der Waals surface area contributed by atoms with E-state index in [9.17, 15) is 4.79 Å². The normalized spacial score (nSPS) is 11.8. The Morgan fingerprint density at radius 2 is 1.89 bits per heavy atom. The Balaban J connectivity index is 2.70.